The Morgan fingerprint density at radius 3 is 2.58 bits per heavy atom. The Bertz CT molecular complexity index is 1070. The van der Waals surface area contributed by atoms with Crippen molar-refractivity contribution in [3.63, 3.8) is 0 Å². The molecule has 9 nitrogen and oxygen atoms in total. The van der Waals surface area contributed by atoms with Crippen LogP contribution in [-0.4, -0.2) is 48.0 Å². The molecule has 1 fully saturated rings. The van der Waals surface area contributed by atoms with Crippen molar-refractivity contribution in [1.82, 2.24) is 5.01 Å². The summed E-state index contributed by atoms with van der Waals surface area (Å²) in [5.74, 6) is -0.675. The topological polar surface area (TPSA) is 104 Å². The molecular weight excluding hydrogens is 422 g/mol. The van der Waals surface area contributed by atoms with Crippen LogP contribution in [0.25, 0.3) is 0 Å². The lowest BCUT2D eigenvalue weighted by Gasteiger charge is -2.20. The Kier molecular flexibility index (Phi) is 5.60. The van der Waals surface area contributed by atoms with E-state index in [1.807, 2.05) is 13.8 Å². The Morgan fingerprint density at radius 1 is 1.16 bits per heavy atom. The van der Waals surface area contributed by atoms with Crippen LogP contribution in [0.5, 0.6) is 5.75 Å². The molecule has 2 aromatic rings. The zero-order valence-electron chi connectivity index (χ0n) is 16.9. The summed E-state index contributed by atoms with van der Waals surface area (Å²) < 4.78 is 5.37. The second-order valence-electron chi connectivity index (χ2n) is 7.14. The minimum absolute atomic E-state index is 0.223. The smallest absolute Gasteiger partial charge is 0.263 e. The van der Waals surface area contributed by atoms with E-state index in [4.69, 9.17) is 16.3 Å². The fourth-order valence-electron chi connectivity index (χ4n) is 3.48. The Hall–Kier alpha value is -3.46. The molecule has 0 aliphatic carbocycles. The first-order chi connectivity index (χ1) is 14.9. The molecule has 1 saturated heterocycles. The van der Waals surface area contributed by atoms with Crippen molar-refractivity contribution in [1.29, 1.82) is 0 Å². The molecule has 2 aliphatic rings. The van der Waals surface area contributed by atoms with Crippen LogP contribution in [0.4, 0.5) is 11.4 Å². The first-order valence-corrected chi connectivity index (χ1v) is 10.1. The zero-order valence-corrected chi connectivity index (χ0v) is 17.7. The van der Waals surface area contributed by atoms with E-state index >= 15 is 0 Å². The fraction of sp³-hybridized carbons (Fsp3) is 0.286. The van der Waals surface area contributed by atoms with Crippen LogP contribution < -0.4 is 15.0 Å². The van der Waals surface area contributed by atoms with Gasteiger partial charge in [-0.1, -0.05) is 22.9 Å². The van der Waals surface area contributed by atoms with E-state index in [0.717, 1.165) is 10.5 Å². The summed E-state index contributed by atoms with van der Waals surface area (Å²) in [7, 11) is 0. The van der Waals surface area contributed by atoms with Gasteiger partial charge in [0.25, 0.3) is 11.8 Å². The molecule has 31 heavy (non-hydrogen) atoms. The largest absolute Gasteiger partial charge is 0.494 e. The predicted molar refractivity (Wildman–Crippen MR) is 114 cm³/mol. The number of hydrogen-bond donors (Lipinski definition) is 1. The van der Waals surface area contributed by atoms with Crippen LogP contribution in [0.1, 0.15) is 12.5 Å². The maximum atomic E-state index is 13.0. The number of nitrogens with one attached hydrogen (secondary N) is 1. The molecule has 2 heterocycles. The summed E-state index contributed by atoms with van der Waals surface area (Å²) in [4.78, 5) is 39.3. The van der Waals surface area contributed by atoms with E-state index in [1.165, 1.54) is 5.01 Å². The molecule has 1 N–H and O–H groups in total. The molecule has 2 atom stereocenters. The number of nitrogens with zero attached hydrogens (tertiary/aromatic N) is 4. The van der Waals surface area contributed by atoms with Gasteiger partial charge in [-0.2, -0.15) is 5.11 Å². The highest BCUT2D eigenvalue weighted by Gasteiger charge is 2.55. The van der Waals surface area contributed by atoms with Gasteiger partial charge < -0.3 is 10.1 Å². The number of hydrogen-bond acceptors (Lipinski definition) is 7. The highest BCUT2D eigenvalue weighted by Crippen LogP contribution is 2.33. The minimum atomic E-state index is -0.981. The molecule has 160 valence electrons. The molecular formula is C21H20ClN5O4. The average molecular weight is 442 g/mol. The number of fused-ring (bicyclic) bond motifs is 1. The van der Waals surface area contributed by atoms with Crippen LogP contribution in [0.3, 0.4) is 0 Å². The number of halogens is 1. The number of benzene rings is 2. The van der Waals surface area contributed by atoms with Crippen molar-refractivity contribution < 1.29 is 19.1 Å². The van der Waals surface area contributed by atoms with Gasteiger partial charge in [-0.3, -0.25) is 19.4 Å². The third-order valence-electron chi connectivity index (χ3n) is 5.03. The Balaban J connectivity index is 1.45. The quantitative estimate of drug-likeness (QED) is 0.694. The van der Waals surface area contributed by atoms with E-state index in [-0.39, 0.29) is 12.5 Å². The lowest BCUT2D eigenvalue weighted by molar-refractivity contribution is -0.123. The second-order valence-corrected chi connectivity index (χ2v) is 7.55. The SMILES string of the molecule is CCOc1ccc(NC(=O)CN2N=NC3C(=O)N(c4ccc(C)c(Cl)c4)C(=O)C32)cc1. The van der Waals surface area contributed by atoms with Crippen molar-refractivity contribution in [2.75, 3.05) is 23.4 Å². The van der Waals surface area contributed by atoms with E-state index in [2.05, 4.69) is 15.7 Å². The highest BCUT2D eigenvalue weighted by molar-refractivity contribution is 6.32. The van der Waals surface area contributed by atoms with Gasteiger partial charge >= 0.3 is 0 Å². The van der Waals surface area contributed by atoms with Crippen molar-refractivity contribution >= 4 is 40.7 Å². The maximum Gasteiger partial charge on any atom is 0.263 e. The van der Waals surface area contributed by atoms with Gasteiger partial charge in [0.05, 0.1) is 12.3 Å². The molecule has 0 bridgehead atoms. The number of ether oxygens (including phenoxy) is 1. The molecule has 4 rings (SSSR count). The van der Waals surface area contributed by atoms with E-state index in [1.54, 1.807) is 42.5 Å². The van der Waals surface area contributed by atoms with E-state index in [9.17, 15) is 14.4 Å². The molecule has 0 spiro atoms. The van der Waals surface area contributed by atoms with Crippen LogP contribution in [0, 0.1) is 6.92 Å². The van der Waals surface area contributed by atoms with Crippen molar-refractivity contribution in [2.45, 2.75) is 25.9 Å². The highest BCUT2D eigenvalue weighted by atomic mass is 35.5. The molecule has 2 aliphatic heterocycles. The van der Waals surface area contributed by atoms with Crippen molar-refractivity contribution in [3.8, 4) is 5.75 Å². The van der Waals surface area contributed by atoms with Crippen molar-refractivity contribution in [2.24, 2.45) is 10.3 Å². The van der Waals surface area contributed by atoms with Crippen LogP contribution in [-0.2, 0) is 14.4 Å². The number of aryl methyl sites for hydroxylation is 1. The molecule has 0 saturated carbocycles. The summed E-state index contributed by atoms with van der Waals surface area (Å²) in [6.45, 7) is 4.04. The molecule has 2 aromatic carbocycles. The third kappa shape index (κ3) is 3.96. The van der Waals surface area contributed by atoms with Gasteiger partial charge in [-0.05, 0) is 55.8 Å². The van der Waals surface area contributed by atoms with E-state index < -0.39 is 23.9 Å². The number of rotatable bonds is 6. The zero-order chi connectivity index (χ0) is 22.1. The summed E-state index contributed by atoms with van der Waals surface area (Å²) in [5, 5.41) is 12.2. The summed E-state index contributed by atoms with van der Waals surface area (Å²) >= 11 is 6.15. The number of carbonyl (C=O) groups is 3. The number of anilines is 2. The van der Waals surface area contributed by atoms with Gasteiger partial charge in [0.15, 0.2) is 12.1 Å². The van der Waals surface area contributed by atoms with Crippen LogP contribution in [0.2, 0.25) is 5.02 Å². The van der Waals surface area contributed by atoms with Crippen LogP contribution in [0.15, 0.2) is 52.8 Å². The molecule has 10 heteroatoms. The first kappa shape index (κ1) is 20.8. The third-order valence-corrected chi connectivity index (χ3v) is 5.43. The number of amides is 3. The first-order valence-electron chi connectivity index (χ1n) is 9.73. The van der Waals surface area contributed by atoms with Gasteiger partial charge in [-0.25, -0.2) is 4.90 Å². The molecule has 0 aromatic heterocycles. The summed E-state index contributed by atoms with van der Waals surface area (Å²) in [6, 6.07) is 9.92. The average Bonchev–Trinajstić information content (AvgIpc) is 3.25. The van der Waals surface area contributed by atoms with E-state index in [0.29, 0.717) is 28.8 Å². The second kappa shape index (κ2) is 8.35. The summed E-state index contributed by atoms with van der Waals surface area (Å²) in [6.07, 6.45) is 0. The molecule has 3 amide bonds. The number of carbonyl (C=O) groups excluding carboxylic acids is 3. The lowest BCUT2D eigenvalue weighted by atomic mass is 10.1. The minimum Gasteiger partial charge on any atom is -0.494 e. The van der Waals surface area contributed by atoms with Gasteiger partial charge in [0.2, 0.25) is 5.91 Å². The van der Waals surface area contributed by atoms with Gasteiger partial charge in [-0.15, -0.1) is 0 Å². The standard InChI is InChI=1S/C21H20ClN5O4/c1-3-31-15-8-5-13(6-9-15)23-17(28)11-26-19-18(24-25-26)20(29)27(21(19)30)14-7-4-12(2)16(22)10-14/h4-10,18-19H,3,11H2,1-2H3,(H,23,28). The van der Waals surface area contributed by atoms with Crippen LogP contribution >= 0.6 is 11.6 Å². The Labute approximate surface area is 183 Å². The fourth-order valence-corrected chi connectivity index (χ4v) is 3.65. The van der Waals surface area contributed by atoms with Gasteiger partial charge in [0, 0.05) is 10.7 Å². The molecule has 2 unspecified atom stereocenters. The monoisotopic (exact) mass is 441 g/mol. The Morgan fingerprint density at radius 2 is 1.90 bits per heavy atom. The lowest BCUT2D eigenvalue weighted by Crippen LogP contribution is -2.43. The molecule has 0 radical (unpaired) electrons. The maximum absolute atomic E-state index is 13.0. The predicted octanol–water partition coefficient (Wildman–Crippen LogP) is 2.98. The summed E-state index contributed by atoms with van der Waals surface area (Å²) in [5.41, 5.74) is 1.77. The number of imide groups is 1. The normalized spacial score (nSPS) is 19.7. The van der Waals surface area contributed by atoms with Gasteiger partial charge in [0.1, 0.15) is 12.3 Å². The van der Waals surface area contributed by atoms with Crippen molar-refractivity contribution in [3.05, 3.63) is 53.1 Å².